The Bertz CT molecular complexity index is 1490. The monoisotopic (exact) mass is 525 g/mol. The van der Waals surface area contributed by atoms with E-state index in [1.165, 1.54) is 0 Å². The van der Waals surface area contributed by atoms with E-state index in [2.05, 4.69) is 22.4 Å². The summed E-state index contributed by atoms with van der Waals surface area (Å²) in [7, 11) is 0. The normalized spacial score (nSPS) is 22.3. The summed E-state index contributed by atoms with van der Waals surface area (Å²) in [5.41, 5.74) is 1.41. The first-order valence-corrected chi connectivity index (χ1v) is 13.9. The quantitative estimate of drug-likeness (QED) is 0.404. The third kappa shape index (κ3) is 5.02. The molecule has 0 bridgehead atoms. The third-order valence-electron chi connectivity index (χ3n) is 8.48. The number of amides is 1. The molecule has 0 aliphatic carbocycles. The summed E-state index contributed by atoms with van der Waals surface area (Å²) < 4.78 is 3.72. The lowest BCUT2D eigenvalue weighted by Gasteiger charge is -2.43. The van der Waals surface area contributed by atoms with Gasteiger partial charge in [0.05, 0.1) is 11.7 Å². The fraction of sp³-hybridized carbons (Fsp3) is 0.387. The van der Waals surface area contributed by atoms with Crippen LogP contribution < -0.4 is 10.9 Å². The van der Waals surface area contributed by atoms with E-state index in [1.807, 2.05) is 70.3 Å². The Kier molecular flexibility index (Phi) is 7.06. The molecule has 6 rings (SSSR count). The number of carbonyl (C=O) groups excluding carboxylic acids is 1. The third-order valence-corrected chi connectivity index (χ3v) is 8.48. The number of nitrogens with zero attached hydrogens (tertiary/aromatic N) is 4. The molecule has 39 heavy (non-hydrogen) atoms. The van der Waals surface area contributed by atoms with Crippen molar-refractivity contribution in [2.45, 2.75) is 43.9 Å². The van der Waals surface area contributed by atoms with Crippen LogP contribution in [0.3, 0.4) is 0 Å². The molecule has 2 aromatic heterocycles. The zero-order chi connectivity index (χ0) is 26.8. The molecule has 2 fully saturated rings. The van der Waals surface area contributed by atoms with Crippen LogP contribution in [-0.2, 0) is 17.9 Å². The van der Waals surface area contributed by atoms with E-state index in [-0.39, 0.29) is 23.3 Å². The van der Waals surface area contributed by atoms with Gasteiger partial charge in [0.15, 0.2) is 5.60 Å². The van der Waals surface area contributed by atoms with E-state index in [4.69, 9.17) is 0 Å². The highest BCUT2D eigenvalue weighted by molar-refractivity contribution is 5.86. The molecule has 202 valence electrons. The number of hydrogen-bond acceptors (Lipinski definition) is 5. The van der Waals surface area contributed by atoms with Crippen molar-refractivity contribution in [1.82, 2.24) is 24.3 Å². The summed E-state index contributed by atoms with van der Waals surface area (Å²) in [6, 6.07) is 21.8. The number of likely N-dealkylation sites (tertiary alicyclic amines) is 1. The van der Waals surface area contributed by atoms with E-state index in [9.17, 15) is 14.7 Å². The Morgan fingerprint density at radius 1 is 1.00 bits per heavy atom. The predicted molar refractivity (Wildman–Crippen MR) is 150 cm³/mol. The van der Waals surface area contributed by atoms with Gasteiger partial charge in [0, 0.05) is 44.8 Å². The largest absolute Gasteiger partial charge is 0.379 e. The van der Waals surface area contributed by atoms with Crippen molar-refractivity contribution in [3.63, 3.8) is 0 Å². The summed E-state index contributed by atoms with van der Waals surface area (Å²) >= 11 is 0. The predicted octanol–water partition coefficient (Wildman–Crippen LogP) is 2.99. The van der Waals surface area contributed by atoms with Gasteiger partial charge < -0.3 is 19.9 Å². The van der Waals surface area contributed by atoms with Gasteiger partial charge in [-0.25, -0.2) is 4.98 Å². The Hall–Kier alpha value is -3.75. The smallest absolute Gasteiger partial charge is 0.262 e. The number of fused-ring (bicyclic) bond motifs is 1. The first-order chi connectivity index (χ1) is 19.0. The zero-order valence-electron chi connectivity index (χ0n) is 22.1. The van der Waals surface area contributed by atoms with Gasteiger partial charge in [-0.15, -0.1) is 0 Å². The number of hydrogen-bond donors (Lipinski definition) is 2. The molecule has 0 radical (unpaired) electrons. The Morgan fingerprint density at radius 2 is 1.72 bits per heavy atom. The number of aromatic nitrogens is 3. The average Bonchev–Trinajstić information content (AvgIpc) is 3.39. The molecule has 4 aromatic rings. The van der Waals surface area contributed by atoms with E-state index in [0.29, 0.717) is 56.7 Å². The average molecular weight is 526 g/mol. The van der Waals surface area contributed by atoms with Gasteiger partial charge in [0.25, 0.3) is 11.5 Å². The molecular weight excluding hydrogens is 490 g/mol. The number of aliphatic hydroxyl groups is 1. The summed E-state index contributed by atoms with van der Waals surface area (Å²) in [6.45, 7) is 3.61. The van der Waals surface area contributed by atoms with Crippen LogP contribution in [0.4, 0.5) is 0 Å². The van der Waals surface area contributed by atoms with Crippen LogP contribution in [0.15, 0.2) is 84.0 Å². The second kappa shape index (κ2) is 10.8. The van der Waals surface area contributed by atoms with Gasteiger partial charge in [0.2, 0.25) is 0 Å². The maximum Gasteiger partial charge on any atom is 0.262 e. The number of nitrogens with one attached hydrogen (secondary N) is 1. The molecule has 2 aliphatic rings. The highest BCUT2D eigenvalue weighted by atomic mass is 16.3. The fourth-order valence-electron chi connectivity index (χ4n) is 6.22. The topological polar surface area (TPSA) is 92.4 Å². The van der Waals surface area contributed by atoms with Gasteiger partial charge in [-0.2, -0.15) is 0 Å². The molecule has 2 atom stereocenters. The van der Waals surface area contributed by atoms with Crippen LogP contribution in [0.2, 0.25) is 0 Å². The van der Waals surface area contributed by atoms with Crippen LogP contribution >= 0.6 is 0 Å². The van der Waals surface area contributed by atoms with Crippen molar-refractivity contribution >= 4 is 16.9 Å². The Balaban J connectivity index is 1.11. The minimum atomic E-state index is -1.40. The molecule has 0 spiro atoms. The Morgan fingerprint density at radius 3 is 2.46 bits per heavy atom. The second-order valence-corrected chi connectivity index (χ2v) is 10.9. The first-order valence-electron chi connectivity index (χ1n) is 13.9. The van der Waals surface area contributed by atoms with Crippen molar-refractivity contribution in [2.75, 3.05) is 26.2 Å². The summed E-state index contributed by atoms with van der Waals surface area (Å²) in [4.78, 5) is 33.4. The van der Waals surface area contributed by atoms with Gasteiger partial charge in [-0.3, -0.25) is 14.2 Å². The molecule has 2 aliphatic heterocycles. The molecule has 8 heteroatoms. The van der Waals surface area contributed by atoms with Gasteiger partial charge in [-0.1, -0.05) is 60.7 Å². The standard InChI is InChI=1S/C31H35N5O3/c37-29-26-13-18-35(20-23-7-3-1-4-8-23)28(26)33-22-36(29)21-24-11-16-34(17-12-24)30(38)31(39)14-15-32-19-27(31)25-9-5-2-6-10-25/h1-10,13,18,22,24,27,32,39H,11-12,14-17,19-21H2/t27-,31+/m0/s1. The Labute approximate surface area is 227 Å². The summed E-state index contributed by atoms with van der Waals surface area (Å²) in [5, 5.41) is 15.6. The minimum absolute atomic E-state index is 0.0277. The van der Waals surface area contributed by atoms with E-state index < -0.39 is 5.60 Å². The van der Waals surface area contributed by atoms with Gasteiger partial charge in [0.1, 0.15) is 5.65 Å². The van der Waals surface area contributed by atoms with Crippen LogP contribution in [0.5, 0.6) is 0 Å². The van der Waals surface area contributed by atoms with E-state index in [0.717, 1.165) is 24.0 Å². The highest BCUT2D eigenvalue weighted by Gasteiger charge is 2.48. The lowest BCUT2D eigenvalue weighted by molar-refractivity contribution is -0.158. The van der Waals surface area contributed by atoms with Crippen LogP contribution in [0.25, 0.3) is 11.0 Å². The molecule has 2 N–H and O–H groups in total. The number of carbonyl (C=O) groups is 1. The van der Waals surface area contributed by atoms with Crippen molar-refractivity contribution in [3.8, 4) is 0 Å². The molecule has 2 saturated heterocycles. The molecule has 1 amide bonds. The van der Waals surface area contributed by atoms with Crippen molar-refractivity contribution in [2.24, 2.45) is 5.92 Å². The molecule has 8 nitrogen and oxygen atoms in total. The maximum absolute atomic E-state index is 13.6. The van der Waals surface area contributed by atoms with Crippen LogP contribution in [0, 0.1) is 5.92 Å². The van der Waals surface area contributed by atoms with E-state index >= 15 is 0 Å². The van der Waals surface area contributed by atoms with Crippen molar-refractivity contribution in [3.05, 3.63) is 101 Å². The van der Waals surface area contributed by atoms with Crippen molar-refractivity contribution in [1.29, 1.82) is 0 Å². The molecule has 2 aromatic carbocycles. The number of benzene rings is 2. The number of piperidine rings is 2. The molecular formula is C31H35N5O3. The van der Waals surface area contributed by atoms with E-state index in [1.54, 1.807) is 10.9 Å². The van der Waals surface area contributed by atoms with Crippen LogP contribution in [-0.4, -0.2) is 61.8 Å². The second-order valence-electron chi connectivity index (χ2n) is 10.9. The van der Waals surface area contributed by atoms with Crippen molar-refractivity contribution < 1.29 is 9.90 Å². The van der Waals surface area contributed by atoms with Crippen LogP contribution in [0.1, 0.15) is 36.3 Å². The van der Waals surface area contributed by atoms with Gasteiger partial charge in [-0.05, 0) is 48.9 Å². The molecule has 0 saturated carbocycles. The molecule has 0 unspecified atom stereocenters. The SMILES string of the molecule is O=C(N1CCC(Cn2cnc3c(ccn3Cc3ccccc3)c2=O)CC1)[C@@]1(O)CCNC[C@H]1c1ccccc1. The number of rotatable bonds is 6. The maximum atomic E-state index is 13.6. The fourth-order valence-corrected chi connectivity index (χ4v) is 6.22. The highest BCUT2D eigenvalue weighted by Crippen LogP contribution is 2.36. The van der Waals surface area contributed by atoms with Gasteiger partial charge >= 0.3 is 0 Å². The lowest BCUT2D eigenvalue weighted by atomic mass is 9.76. The summed E-state index contributed by atoms with van der Waals surface area (Å²) in [5.74, 6) is -0.176. The minimum Gasteiger partial charge on any atom is -0.379 e. The first kappa shape index (κ1) is 25.5. The summed E-state index contributed by atoms with van der Waals surface area (Å²) in [6.07, 6.45) is 5.56. The molecule has 4 heterocycles. The lowest BCUT2D eigenvalue weighted by Crippen LogP contribution is -2.59. The zero-order valence-corrected chi connectivity index (χ0v) is 22.1.